The number of rotatable bonds is 3. The van der Waals surface area contributed by atoms with Crippen LogP contribution in [0.4, 0.5) is 0 Å². The highest BCUT2D eigenvalue weighted by molar-refractivity contribution is 5.48. The van der Waals surface area contributed by atoms with Crippen molar-refractivity contribution in [2.45, 2.75) is 53.1 Å². The zero-order chi connectivity index (χ0) is 12.8. The van der Waals surface area contributed by atoms with Crippen molar-refractivity contribution in [3.05, 3.63) is 23.3 Å². The van der Waals surface area contributed by atoms with Crippen LogP contribution in [0, 0.1) is 0 Å². The summed E-state index contributed by atoms with van der Waals surface area (Å²) in [6, 6.07) is 4.27. The first-order valence-electron chi connectivity index (χ1n) is 6.61. The van der Waals surface area contributed by atoms with Gasteiger partial charge in [-0.1, -0.05) is 27.2 Å². The first kappa shape index (κ1) is 13.9. The molecule has 1 aromatic carbocycles. The molecule has 2 nitrogen and oxygen atoms in total. The summed E-state index contributed by atoms with van der Waals surface area (Å²) >= 11 is 0. The van der Waals surface area contributed by atoms with E-state index < -0.39 is 0 Å². The summed E-state index contributed by atoms with van der Waals surface area (Å²) in [4.78, 5) is 0. The van der Waals surface area contributed by atoms with E-state index in [0.717, 1.165) is 30.8 Å². The van der Waals surface area contributed by atoms with E-state index >= 15 is 0 Å². The van der Waals surface area contributed by atoms with Gasteiger partial charge in [-0.3, -0.25) is 0 Å². The summed E-state index contributed by atoms with van der Waals surface area (Å²) < 4.78 is 11.1. The van der Waals surface area contributed by atoms with E-state index in [4.69, 9.17) is 9.47 Å². The van der Waals surface area contributed by atoms with Crippen molar-refractivity contribution in [3.8, 4) is 11.5 Å². The van der Waals surface area contributed by atoms with Crippen LogP contribution in [0.1, 0.15) is 45.2 Å². The van der Waals surface area contributed by atoms with Crippen LogP contribution in [0.3, 0.4) is 0 Å². The van der Waals surface area contributed by atoms with Gasteiger partial charge in [0.15, 0.2) is 0 Å². The lowest BCUT2D eigenvalue weighted by Gasteiger charge is -2.10. The highest BCUT2D eigenvalue weighted by atomic mass is 16.5. The van der Waals surface area contributed by atoms with E-state index in [1.807, 2.05) is 13.8 Å². The number of fused-ring (bicyclic) bond motifs is 1. The maximum absolute atomic E-state index is 5.74. The van der Waals surface area contributed by atoms with Crippen LogP contribution in [0.15, 0.2) is 12.1 Å². The lowest BCUT2D eigenvalue weighted by Crippen LogP contribution is -2.05. The van der Waals surface area contributed by atoms with Crippen LogP contribution in [-0.2, 0) is 12.8 Å². The van der Waals surface area contributed by atoms with Gasteiger partial charge in [0.2, 0.25) is 0 Å². The highest BCUT2D eigenvalue weighted by Crippen LogP contribution is 2.35. The van der Waals surface area contributed by atoms with Gasteiger partial charge < -0.3 is 9.47 Å². The Hall–Kier alpha value is -1.18. The molecule has 1 aliphatic rings. The minimum Gasteiger partial charge on any atom is -0.496 e. The standard InChI is InChI=1S/C13H18O2.C2H6/c1-4-5-10-7-13-11(6-9(2)15-13)8-12(10)14-3;1-2/h7-9H,4-6H2,1-3H3;1-2H3. The van der Waals surface area contributed by atoms with Gasteiger partial charge in [-0.05, 0) is 31.0 Å². The highest BCUT2D eigenvalue weighted by Gasteiger charge is 2.21. The lowest BCUT2D eigenvalue weighted by molar-refractivity contribution is 0.254. The molecule has 0 radical (unpaired) electrons. The smallest absolute Gasteiger partial charge is 0.123 e. The van der Waals surface area contributed by atoms with Crippen LogP contribution >= 0.6 is 0 Å². The van der Waals surface area contributed by atoms with Gasteiger partial charge in [0.25, 0.3) is 0 Å². The third-order valence-electron chi connectivity index (χ3n) is 2.82. The van der Waals surface area contributed by atoms with E-state index in [1.54, 1.807) is 7.11 Å². The fourth-order valence-corrected chi connectivity index (χ4v) is 2.14. The molecule has 0 amide bonds. The second kappa shape index (κ2) is 6.53. The normalized spacial score (nSPS) is 16.6. The van der Waals surface area contributed by atoms with Crippen LogP contribution in [0.25, 0.3) is 0 Å². The number of hydrogen-bond acceptors (Lipinski definition) is 2. The molecule has 1 atom stereocenters. The molecule has 0 spiro atoms. The quantitative estimate of drug-likeness (QED) is 0.789. The maximum Gasteiger partial charge on any atom is 0.123 e. The SMILES string of the molecule is CC.CCCc1cc2c(cc1OC)CC(C)O2. The topological polar surface area (TPSA) is 18.5 Å². The van der Waals surface area contributed by atoms with Crippen molar-refractivity contribution in [3.63, 3.8) is 0 Å². The van der Waals surface area contributed by atoms with Crippen molar-refractivity contribution >= 4 is 0 Å². The summed E-state index contributed by atoms with van der Waals surface area (Å²) in [6.45, 7) is 8.28. The van der Waals surface area contributed by atoms with Gasteiger partial charge in [-0.2, -0.15) is 0 Å². The summed E-state index contributed by atoms with van der Waals surface area (Å²) in [6.07, 6.45) is 3.48. The van der Waals surface area contributed by atoms with Gasteiger partial charge in [0, 0.05) is 12.0 Å². The lowest BCUT2D eigenvalue weighted by atomic mass is 10.0. The molecule has 96 valence electrons. The molecule has 1 aliphatic heterocycles. The number of hydrogen-bond donors (Lipinski definition) is 0. The fraction of sp³-hybridized carbons (Fsp3) is 0.600. The molecule has 2 rings (SSSR count). The Morgan fingerprint density at radius 3 is 2.65 bits per heavy atom. The Labute approximate surface area is 105 Å². The van der Waals surface area contributed by atoms with Gasteiger partial charge in [0.05, 0.1) is 7.11 Å². The number of ether oxygens (including phenoxy) is 2. The van der Waals surface area contributed by atoms with E-state index in [-0.39, 0.29) is 0 Å². The third-order valence-corrected chi connectivity index (χ3v) is 2.82. The maximum atomic E-state index is 5.74. The van der Waals surface area contributed by atoms with Crippen LogP contribution < -0.4 is 9.47 Å². The van der Waals surface area contributed by atoms with E-state index in [0.29, 0.717) is 6.10 Å². The van der Waals surface area contributed by atoms with Crippen molar-refractivity contribution in [1.82, 2.24) is 0 Å². The molecule has 0 aliphatic carbocycles. The van der Waals surface area contributed by atoms with Crippen LogP contribution in [0.2, 0.25) is 0 Å². The molecule has 0 aromatic heterocycles. The van der Waals surface area contributed by atoms with Crippen LogP contribution in [0.5, 0.6) is 11.5 Å². The third kappa shape index (κ3) is 3.15. The van der Waals surface area contributed by atoms with Gasteiger partial charge in [0.1, 0.15) is 17.6 Å². The number of methoxy groups -OCH3 is 1. The predicted octanol–water partition coefficient (Wildman–Crippen LogP) is 4.00. The zero-order valence-corrected chi connectivity index (χ0v) is 11.7. The molecule has 2 heteroatoms. The minimum absolute atomic E-state index is 0.307. The largest absolute Gasteiger partial charge is 0.496 e. The zero-order valence-electron chi connectivity index (χ0n) is 11.7. The molecule has 17 heavy (non-hydrogen) atoms. The Kier molecular flexibility index (Phi) is 5.33. The number of benzene rings is 1. The Balaban J connectivity index is 0.000000686. The van der Waals surface area contributed by atoms with E-state index in [1.165, 1.54) is 11.1 Å². The van der Waals surface area contributed by atoms with Crippen molar-refractivity contribution in [2.75, 3.05) is 7.11 Å². The van der Waals surface area contributed by atoms with Crippen LogP contribution in [-0.4, -0.2) is 13.2 Å². The molecule has 0 saturated heterocycles. The number of aryl methyl sites for hydroxylation is 1. The Morgan fingerprint density at radius 1 is 1.35 bits per heavy atom. The van der Waals surface area contributed by atoms with Crippen molar-refractivity contribution in [2.24, 2.45) is 0 Å². The fourth-order valence-electron chi connectivity index (χ4n) is 2.14. The van der Waals surface area contributed by atoms with Gasteiger partial charge >= 0.3 is 0 Å². The molecule has 1 aromatic rings. The monoisotopic (exact) mass is 236 g/mol. The van der Waals surface area contributed by atoms with Gasteiger partial charge in [-0.15, -0.1) is 0 Å². The Bertz CT molecular complexity index is 358. The summed E-state index contributed by atoms with van der Waals surface area (Å²) in [5.41, 5.74) is 2.53. The summed E-state index contributed by atoms with van der Waals surface area (Å²) in [5.74, 6) is 2.06. The second-order valence-corrected chi connectivity index (χ2v) is 4.15. The van der Waals surface area contributed by atoms with Gasteiger partial charge in [-0.25, -0.2) is 0 Å². The molecule has 0 saturated carbocycles. The first-order valence-corrected chi connectivity index (χ1v) is 6.61. The summed E-state index contributed by atoms with van der Waals surface area (Å²) in [5, 5.41) is 0. The Morgan fingerprint density at radius 2 is 2.06 bits per heavy atom. The molecule has 1 unspecified atom stereocenters. The second-order valence-electron chi connectivity index (χ2n) is 4.15. The first-order chi connectivity index (χ1) is 8.24. The molecule has 0 fully saturated rings. The van der Waals surface area contributed by atoms with E-state index in [9.17, 15) is 0 Å². The predicted molar refractivity (Wildman–Crippen MR) is 72.1 cm³/mol. The summed E-state index contributed by atoms with van der Waals surface area (Å²) in [7, 11) is 1.74. The molecular formula is C15H24O2. The average molecular weight is 236 g/mol. The molecule has 0 bridgehead atoms. The average Bonchev–Trinajstić information content (AvgIpc) is 2.70. The molecule has 1 heterocycles. The molecular weight excluding hydrogens is 212 g/mol. The van der Waals surface area contributed by atoms with Crippen molar-refractivity contribution < 1.29 is 9.47 Å². The van der Waals surface area contributed by atoms with E-state index in [2.05, 4.69) is 26.0 Å². The molecule has 0 N–H and O–H groups in total. The van der Waals surface area contributed by atoms with Crippen molar-refractivity contribution in [1.29, 1.82) is 0 Å². The minimum atomic E-state index is 0.307.